The van der Waals surface area contributed by atoms with Crippen molar-refractivity contribution in [2.75, 3.05) is 4.90 Å². The van der Waals surface area contributed by atoms with Crippen LogP contribution in [0, 0.1) is 6.92 Å². The molecule has 0 saturated heterocycles. The molecule has 0 bridgehead atoms. The van der Waals surface area contributed by atoms with E-state index in [1.807, 2.05) is 0 Å². The van der Waals surface area contributed by atoms with Gasteiger partial charge in [0.25, 0.3) is 0 Å². The Morgan fingerprint density at radius 2 is 0.573 bits per heavy atom. The number of nitrogens with zero attached hydrogens (tertiary/aromatic N) is 1. The van der Waals surface area contributed by atoms with Gasteiger partial charge in [0.05, 0.1) is 10.8 Å². The van der Waals surface area contributed by atoms with Crippen LogP contribution >= 0.6 is 0 Å². The quantitative estimate of drug-likeness (QED) is 0.159. The van der Waals surface area contributed by atoms with E-state index in [-0.39, 0.29) is 0 Å². The standard InChI is InChI=1S/C81H49N/c1-48-34-38-51(39-35-48)82(52-40-44-64-68(46-52)56-22-6-8-28-62(56)74-66-42-36-49-18-2-4-20-54(49)76(66)80(78(64)74)70-30-14-10-24-58(70)59-25-11-15-31-71(59)80)53-41-45-65-69(47-53)57-23-7-9-29-63(57)75-67-43-37-50-19-3-5-21-55(50)77(67)81(79(65)75)72-32-16-12-26-60(72)61-27-13-17-33-73(61)81/h2-47H,1H3. The van der Waals surface area contributed by atoms with Gasteiger partial charge in [-0.15, -0.1) is 0 Å². The van der Waals surface area contributed by atoms with Crippen LogP contribution in [0.4, 0.5) is 17.1 Å². The molecule has 1 heteroatoms. The first-order chi connectivity index (χ1) is 40.6. The molecule has 0 saturated carbocycles. The van der Waals surface area contributed by atoms with Gasteiger partial charge in [-0.1, -0.05) is 248 Å². The Balaban J connectivity index is 0.903. The Kier molecular flexibility index (Phi) is 8.65. The summed E-state index contributed by atoms with van der Waals surface area (Å²) in [5, 5.41) is 15.3. The van der Waals surface area contributed by atoms with Gasteiger partial charge in [0, 0.05) is 17.1 Å². The van der Waals surface area contributed by atoms with Crippen LogP contribution in [0.25, 0.3) is 109 Å². The summed E-state index contributed by atoms with van der Waals surface area (Å²) in [4.78, 5) is 2.51. The van der Waals surface area contributed by atoms with Gasteiger partial charge in [0.15, 0.2) is 0 Å². The van der Waals surface area contributed by atoms with E-state index < -0.39 is 10.8 Å². The number of hydrogen-bond donors (Lipinski definition) is 0. The van der Waals surface area contributed by atoms with E-state index in [1.165, 1.54) is 159 Å². The zero-order chi connectivity index (χ0) is 53.6. The average Bonchev–Trinajstić information content (AvgIpc) is 1.75. The van der Waals surface area contributed by atoms with Gasteiger partial charge in [0.2, 0.25) is 0 Å². The first-order valence-electron chi connectivity index (χ1n) is 28.9. The molecular formula is C81H49N. The van der Waals surface area contributed by atoms with Crippen molar-refractivity contribution >= 4 is 81.7 Å². The normalized spacial score (nSPS) is 14.1. The minimum atomic E-state index is -0.553. The van der Waals surface area contributed by atoms with Crippen molar-refractivity contribution in [3.63, 3.8) is 0 Å². The summed E-state index contributed by atoms with van der Waals surface area (Å²) < 4.78 is 0. The lowest BCUT2D eigenvalue weighted by Crippen LogP contribution is -2.26. The maximum atomic E-state index is 2.51. The molecule has 0 aromatic heterocycles. The lowest BCUT2D eigenvalue weighted by molar-refractivity contribution is 0.809. The predicted octanol–water partition coefficient (Wildman–Crippen LogP) is 21.1. The van der Waals surface area contributed by atoms with Crippen LogP contribution in [0.1, 0.15) is 50.1 Å². The van der Waals surface area contributed by atoms with Crippen LogP contribution in [0.3, 0.4) is 0 Å². The molecule has 0 radical (unpaired) electrons. The topological polar surface area (TPSA) is 3.24 Å². The van der Waals surface area contributed by atoms with Crippen molar-refractivity contribution in [1.29, 1.82) is 0 Å². The van der Waals surface area contributed by atoms with Gasteiger partial charge in [-0.05, 0) is 197 Å². The zero-order valence-electron chi connectivity index (χ0n) is 45.0. The number of rotatable bonds is 3. The second kappa shape index (κ2) is 15.9. The maximum Gasteiger partial charge on any atom is 0.0737 e. The van der Waals surface area contributed by atoms with Gasteiger partial charge in [0.1, 0.15) is 0 Å². The number of anilines is 3. The Morgan fingerprint density at radius 3 is 0.988 bits per heavy atom. The molecule has 0 aliphatic heterocycles. The monoisotopic (exact) mass is 1040 g/mol. The summed E-state index contributed by atoms with van der Waals surface area (Å²) in [5.74, 6) is 0. The summed E-state index contributed by atoms with van der Waals surface area (Å²) in [5.41, 5.74) is 25.0. The molecule has 0 fully saturated rings. The summed E-state index contributed by atoms with van der Waals surface area (Å²) >= 11 is 0. The fourth-order valence-electron chi connectivity index (χ4n) is 16.7. The van der Waals surface area contributed by atoms with Crippen molar-refractivity contribution in [2.45, 2.75) is 17.8 Å². The number of aryl methyl sites for hydroxylation is 1. The first kappa shape index (κ1) is 44.5. The molecule has 15 aromatic rings. The second-order valence-electron chi connectivity index (χ2n) is 23.3. The third-order valence-electron chi connectivity index (χ3n) is 19.6. The Bertz CT molecular complexity index is 4960. The first-order valence-corrected chi connectivity index (χ1v) is 28.9. The highest BCUT2D eigenvalue weighted by atomic mass is 15.1. The smallest absolute Gasteiger partial charge is 0.0737 e. The maximum absolute atomic E-state index is 2.51. The van der Waals surface area contributed by atoms with Gasteiger partial charge in [-0.25, -0.2) is 0 Å². The highest BCUT2D eigenvalue weighted by Crippen LogP contribution is 2.69. The minimum absolute atomic E-state index is 0.553. The molecule has 19 rings (SSSR count). The SMILES string of the molecule is Cc1ccc(N(c2ccc3c4c(c5ccccc5c3c2)-c2ccc3ccccc3c2C42c3ccccc3-c3ccccc32)c2ccc3c4c(c5ccccc5c3c2)-c2ccc3ccccc3c2C42c3ccccc3-c3ccccc32)cc1. The van der Waals surface area contributed by atoms with Crippen molar-refractivity contribution in [2.24, 2.45) is 0 Å². The van der Waals surface area contributed by atoms with Crippen LogP contribution in [0.5, 0.6) is 0 Å². The third-order valence-corrected chi connectivity index (χ3v) is 19.6. The Labute approximate surface area is 475 Å². The molecule has 0 amide bonds. The molecule has 2 spiro atoms. The van der Waals surface area contributed by atoms with Crippen LogP contribution in [-0.4, -0.2) is 0 Å². The van der Waals surface area contributed by atoms with Gasteiger partial charge >= 0.3 is 0 Å². The third kappa shape index (κ3) is 5.35. The summed E-state index contributed by atoms with van der Waals surface area (Å²) in [6.45, 7) is 2.19. The van der Waals surface area contributed by atoms with E-state index in [0.29, 0.717) is 0 Å². The van der Waals surface area contributed by atoms with Gasteiger partial charge in [-0.2, -0.15) is 0 Å². The second-order valence-corrected chi connectivity index (χ2v) is 23.3. The molecule has 0 unspecified atom stereocenters. The van der Waals surface area contributed by atoms with Gasteiger partial charge < -0.3 is 4.90 Å². The lowest BCUT2D eigenvalue weighted by Gasteiger charge is -2.33. The van der Waals surface area contributed by atoms with E-state index >= 15 is 0 Å². The minimum Gasteiger partial charge on any atom is -0.310 e. The molecular weight excluding hydrogens is 987 g/mol. The molecule has 82 heavy (non-hydrogen) atoms. The largest absolute Gasteiger partial charge is 0.310 e. The lowest BCUT2D eigenvalue weighted by atomic mass is 9.68. The van der Waals surface area contributed by atoms with Crippen LogP contribution in [0.15, 0.2) is 279 Å². The molecule has 1 nitrogen and oxygen atoms in total. The van der Waals surface area contributed by atoms with Crippen molar-refractivity contribution in [3.8, 4) is 44.5 Å². The van der Waals surface area contributed by atoms with Crippen LogP contribution in [0.2, 0.25) is 0 Å². The van der Waals surface area contributed by atoms with E-state index in [2.05, 4.69) is 291 Å². The Morgan fingerprint density at radius 1 is 0.232 bits per heavy atom. The molecule has 378 valence electrons. The summed E-state index contributed by atoms with van der Waals surface area (Å²) in [7, 11) is 0. The fraction of sp³-hybridized carbons (Fsp3) is 0.0370. The van der Waals surface area contributed by atoms with Crippen molar-refractivity contribution < 1.29 is 0 Å². The molecule has 0 heterocycles. The predicted molar refractivity (Wildman–Crippen MR) is 343 cm³/mol. The summed E-state index contributed by atoms with van der Waals surface area (Å²) in [6, 6.07) is 107. The van der Waals surface area contributed by atoms with Gasteiger partial charge in [-0.3, -0.25) is 0 Å². The van der Waals surface area contributed by atoms with E-state index in [9.17, 15) is 0 Å². The zero-order valence-corrected chi connectivity index (χ0v) is 45.0. The number of hydrogen-bond acceptors (Lipinski definition) is 1. The molecule has 15 aromatic carbocycles. The van der Waals surface area contributed by atoms with Crippen LogP contribution in [-0.2, 0) is 10.8 Å². The molecule has 0 atom stereocenters. The molecule has 4 aliphatic rings. The van der Waals surface area contributed by atoms with E-state index in [1.54, 1.807) is 0 Å². The Hall–Kier alpha value is -10.3. The van der Waals surface area contributed by atoms with Crippen LogP contribution < -0.4 is 4.90 Å². The van der Waals surface area contributed by atoms with E-state index in [0.717, 1.165) is 17.1 Å². The van der Waals surface area contributed by atoms with Crippen molar-refractivity contribution in [1.82, 2.24) is 0 Å². The van der Waals surface area contributed by atoms with E-state index in [4.69, 9.17) is 0 Å². The average molecular weight is 1040 g/mol. The number of fused-ring (bicyclic) bond motifs is 34. The van der Waals surface area contributed by atoms with Crippen molar-refractivity contribution in [3.05, 3.63) is 329 Å². The highest BCUT2D eigenvalue weighted by Gasteiger charge is 2.55. The number of benzene rings is 15. The highest BCUT2D eigenvalue weighted by molar-refractivity contribution is 6.24. The fourth-order valence-corrected chi connectivity index (χ4v) is 16.7. The molecule has 0 N–H and O–H groups in total. The molecule has 4 aliphatic carbocycles. The summed E-state index contributed by atoms with van der Waals surface area (Å²) in [6.07, 6.45) is 0.